The van der Waals surface area contributed by atoms with Gasteiger partial charge in [-0.15, -0.1) is 0 Å². The molecule has 3 aliphatic carbocycles. The van der Waals surface area contributed by atoms with Gasteiger partial charge in [-0.1, -0.05) is 45.2 Å². The maximum atomic E-state index is 14.0. The van der Waals surface area contributed by atoms with Crippen molar-refractivity contribution in [2.45, 2.75) is 120 Å². The number of rotatable bonds is 11. The van der Waals surface area contributed by atoms with Gasteiger partial charge in [-0.2, -0.15) is 0 Å². The van der Waals surface area contributed by atoms with E-state index in [-0.39, 0.29) is 40.3 Å². The first kappa shape index (κ1) is 44.6. The molecule has 326 valence electrons. The van der Waals surface area contributed by atoms with Crippen LogP contribution in [-0.4, -0.2) is 129 Å². The van der Waals surface area contributed by atoms with Crippen molar-refractivity contribution in [2.24, 2.45) is 17.6 Å². The summed E-state index contributed by atoms with van der Waals surface area (Å²) in [6.45, 7) is 3.78. The Morgan fingerprint density at radius 1 is 1.02 bits per heavy atom. The van der Waals surface area contributed by atoms with Gasteiger partial charge in [0.2, 0.25) is 17.6 Å². The standard InChI is InChI=1S/C42H54N4O14/c1-18(2)33(46(4)41(56)45-39(54)32(43)20-10-7-6-8-11-20)40(55)44-23-14-27(59-19(3)34(23)49)60-25-16-42(57,26(48)17-47)15-22-29(25)38(53)31-30(36(22)51)35(50)21-12-9-13-24(58-5)28(21)37(31)52/h9,12-13,18-20,23,25,27,32-34,47,49,51,53,57H,6-8,10-11,14-17,43H2,1-5H3,(H,44,55)(H,45,54,56)/t19-,23-,25-,27-,32+,33+,34+,42-/m1/s1. The van der Waals surface area contributed by atoms with Crippen LogP contribution in [-0.2, 0) is 30.3 Å². The number of aromatic hydroxyl groups is 2. The molecule has 1 saturated carbocycles. The first-order valence-electron chi connectivity index (χ1n) is 20.2. The quantitative estimate of drug-likeness (QED) is 0.126. The Morgan fingerprint density at radius 3 is 2.32 bits per heavy atom. The van der Waals surface area contributed by atoms with E-state index in [1.54, 1.807) is 13.8 Å². The molecular weight excluding hydrogens is 784 g/mol. The average molecular weight is 839 g/mol. The predicted molar refractivity (Wildman–Crippen MR) is 210 cm³/mol. The van der Waals surface area contributed by atoms with Crippen LogP contribution >= 0.6 is 0 Å². The Morgan fingerprint density at radius 2 is 1.68 bits per heavy atom. The summed E-state index contributed by atoms with van der Waals surface area (Å²) in [6, 6.07) is 0.334. The lowest BCUT2D eigenvalue weighted by molar-refractivity contribution is -0.249. The summed E-state index contributed by atoms with van der Waals surface area (Å²) in [4.78, 5) is 82.1. The molecule has 1 saturated heterocycles. The van der Waals surface area contributed by atoms with Gasteiger partial charge >= 0.3 is 6.03 Å². The number of amides is 4. The van der Waals surface area contributed by atoms with Crippen LogP contribution in [0.15, 0.2) is 18.2 Å². The number of nitrogens with two attached hydrogens (primary N) is 1. The fraction of sp³-hybridized carbons (Fsp3) is 0.571. The second-order valence-corrected chi connectivity index (χ2v) is 16.6. The Bertz CT molecular complexity index is 2070. The second-order valence-electron chi connectivity index (χ2n) is 16.6. The Hall–Kier alpha value is -4.98. The van der Waals surface area contributed by atoms with Gasteiger partial charge in [-0.05, 0) is 37.7 Å². The monoisotopic (exact) mass is 838 g/mol. The lowest BCUT2D eigenvalue weighted by Gasteiger charge is -2.43. The molecule has 6 rings (SSSR count). The predicted octanol–water partition coefficient (Wildman–Crippen LogP) is 1.26. The number of carbonyl (C=O) groups excluding carboxylic acids is 6. The van der Waals surface area contributed by atoms with E-state index in [9.17, 15) is 54.3 Å². The lowest BCUT2D eigenvalue weighted by Crippen LogP contribution is -2.61. The number of carbonyl (C=O) groups is 6. The van der Waals surface area contributed by atoms with E-state index in [1.807, 2.05) is 0 Å². The summed E-state index contributed by atoms with van der Waals surface area (Å²) >= 11 is 0. The molecule has 18 nitrogen and oxygen atoms in total. The minimum atomic E-state index is -2.39. The van der Waals surface area contributed by atoms with Gasteiger partial charge in [0.1, 0.15) is 41.6 Å². The van der Waals surface area contributed by atoms with E-state index in [1.165, 1.54) is 39.3 Å². The largest absolute Gasteiger partial charge is 0.507 e. The lowest BCUT2D eigenvalue weighted by atomic mass is 9.72. The molecule has 4 aliphatic rings. The molecule has 8 atom stereocenters. The van der Waals surface area contributed by atoms with Crippen LogP contribution in [0.25, 0.3) is 0 Å². The van der Waals surface area contributed by atoms with E-state index in [2.05, 4.69) is 10.6 Å². The fourth-order valence-electron chi connectivity index (χ4n) is 9.16. The van der Waals surface area contributed by atoms with Crippen LogP contribution < -0.4 is 21.1 Å². The number of hydrogen-bond acceptors (Lipinski definition) is 15. The zero-order chi connectivity index (χ0) is 44.0. The summed E-state index contributed by atoms with van der Waals surface area (Å²) in [5, 5.41) is 61.2. The second kappa shape index (κ2) is 17.6. The number of nitrogens with one attached hydrogen (secondary N) is 2. The van der Waals surface area contributed by atoms with E-state index in [4.69, 9.17) is 19.9 Å². The van der Waals surface area contributed by atoms with Crippen molar-refractivity contribution in [3.8, 4) is 17.2 Å². The average Bonchev–Trinajstić information content (AvgIpc) is 3.21. The van der Waals surface area contributed by atoms with Gasteiger partial charge in [-0.3, -0.25) is 29.3 Å². The van der Waals surface area contributed by atoms with Gasteiger partial charge in [0.25, 0.3) is 0 Å². The van der Waals surface area contributed by atoms with Crippen LogP contribution in [0.3, 0.4) is 0 Å². The smallest absolute Gasteiger partial charge is 0.324 e. The maximum Gasteiger partial charge on any atom is 0.324 e. The van der Waals surface area contributed by atoms with Crippen molar-refractivity contribution < 1.29 is 68.5 Å². The summed E-state index contributed by atoms with van der Waals surface area (Å²) in [5.74, 6) is -6.10. The zero-order valence-electron chi connectivity index (χ0n) is 34.2. The highest BCUT2D eigenvalue weighted by atomic mass is 16.7. The van der Waals surface area contributed by atoms with E-state index in [0.717, 1.165) is 37.0 Å². The number of imide groups is 1. The Balaban J connectivity index is 1.26. The summed E-state index contributed by atoms with van der Waals surface area (Å²) < 4.78 is 17.6. The molecule has 1 aliphatic heterocycles. The maximum absolute atomic E-state index is 14.0. The normalized spacial score (nSPS) is 26.3. The van der Waals surface area contributed by atoms with Gasteiger partial charge in [0.05, 0.1) is 48.1 Å². The van der Waals surface area contributed by atoms with Crippen LogP contribution in [0.4, 0.5) is 4.79 Å². The first-order chi connectivity index (χ1) is 28.3. The number of aliphatic hydroxyl groups is 3. The third-order valence-electron chi connectivity index (χ3n) is 12.4. The number of likely N-dealkylation sites (N-methyl/N-ethyl adjacent to an activating group) is 1. The molecule has 1 heterocycles. The van der Waals surface area contributed by atoms with E-state index >= 15 is 0 Å². The number of benzene rings is 2. The Labute approximate surface area is 346 Å². The fourth-order valence-corrected chi connectivity index (χ4v) is 9.16. The molecular formula is C42H54N4O14. The Kier molecular flexibility index (Phi) is 13.0. The molecule has 0 aromatic heterocycles. The number of fused-ring (bicyclic) bond motifs is 3. The van der Waals surface area contributed by atoms with Crippen LogP contribution in [0.5, 0.6) is 17.2 Å². The highest BCUT2D eigenvalue weighted by molar-refractivity contribution is 6.31. The van der Waals surface area contributed by atoms with Crippen molar-refractivity contribution in [2.75, 3.05) is 20.8 Å². The minimum absolute atomic E-state index is 0.0407. The first-order valence-corrected chi connectivity index (χ1v) is 20.2. The molecule has 2 aromatic rings. The molecule has 0 spiro atoms. The van der Waals surface area contributed by atoms with Crippen LogP contribution in [0.2, 0.25) is 0 Å². The number of methoxy groups -OCH3 is 1. The number of phenolic OH excluding ortho intramolecular Hbond substituents is 2. The van der Waals surface area contributed by atoms with E-state index < -0.39 is 132 Å². The SMILES string of the molecule is COc1cccc2c1C(=O)c1c(O)c3c(c(O)c1C2=O)C[C@](O)(C(=O)CO)C[C@H]3O[C@@H]1C[C@@H](NC(=O)[C@H](C(C)C)N(C)C(=O)NC(=O)[C@@H](N)C2CCCCC2)[C@@H](O)[C@@H](C)O1. The van der Waals surface area contributed by atoms with Crippen LogP contribution in [0, 0.1) is 11.8 Å². The van der Waals surface area contributed by atoms with Crippen LogP contribution in [0.1, 0.15) is 115 Å². The summed E-state index contributed by atoms with van der Waals surface area (Å²) in [7, 11) is 2.65. The molecule has 0 bridgehead atoms. The number of phenols is 2. The number of Topliss-reactive ketones (excluding diaryl/α,β-unsaturated/α-hetero) is 1. The zero-order valence-corrected chi connectivity index (χ0v) is 34.2. The van der Waals surface area contributed by atoms with Crippen molar-refractivity contribution in [3.63, 3.8) is 0 Å². The summed E-state index contributed by atoms with van der Waals surface area (Å²) in [5.41, 5.74) is 1.93. The highest BCUT2D eigenvalue weighted by Gasteiger charge is 2.50. The third-order valence-corrected chi connectivity index (χ3v) is 12.4. The number of ketones is 3. The summed E-state index contributed by atoms with van der Waals surface area (Å²) in [6.07, 6.45) is -2.25. The molecule has 0 radical (unpaired) electrons. The molecule has 60 heavy (non-hydrogen) atoms. The molecule has 4 amide bonds. The third kappa shape index (κ3) is 8.11. The number of aliphatic hydroxyl groups excluding tert-OH is 2. The van der Waals surface area contributed by atoms with Gasteiger partial charge in [0.15, 0.2) is 17.9 Å². The van der Waals surface area contributed by atoms with Crippen molar-refractivity contribution in [1.82, 2.24) is 15.5 Å². The molecule has 18 heteroatoms. The number of ether oxygens (including phenoxy) is 3. The molecule has 0 unspecified atom stereocenters. The molecule has 9 N–H and O–H groups in total. The van der Waals surface area contributed by atoms with Gasteiger partial charge in [-0.25, -0.2) is 4.79 Å². The minimum Gasteiger partial charge on any atom is -0.507 e. The van der Waals surface area contributed by atoms with E-state index in [0.29, 0.717) is 0 Å². The van der Waals surface area contributed by atoms with Crippen molar-refractivity contribution in [1.29, 1.82) is 0 Å². The molecule has 2 fully saturated rings. The number of hydrogen-bond donors (Lipinski definition) is 8. The number of urea groups is 1. The van der Waals surface area contributed by atoms with Gasteiger partial charge in [0, 0.05) is 43.0 Å². The van der Waals surface area contributed by atoms with Crippen molar-refractivity contribution in [3.05, 3.63) is 51.6 Å². The van der Waals surface area contributed by atoms with Gasteiger partial charge < -0.3 is 55.7 Å². The molecule has 2 aromatic carbocycles. The van der Waals surface area contributed by atoms with Crippen molar-refractivity contribution >= 4 is 35.2 Å². The number of nitrogens with zero attached hydrogens (tertiary/aromatic N) is 1. The topological polar surface area (TPSA) is 285 Å². The highest BCUT2D eigenvalue weighted by Crippen LogP contribution is 2.52.